The third-order valence-electron chi connectivity index (χ3n) is 8.28. The normalized spacial score (nSPS) is 15.3. The van der Waals surface area contributed by atoms with Gasteiger partial charge in [-0.2, -0.15) is 0 Å². The number of pyridine rings is 1. The van der Waals surface area contributed by atoms with Gasteiger partial charge in [0.2, 0.25) is 5.95 Å². The van der Waals surface area contributed by atoms with Gasteiger partial charge in [-0.05, 0) is 69.4 Å². The largest absolute Gasteiger partial charge is 0.501 e. The first-order valence-corrected chi connectivity index (χ1v) is 14.8. The zero-order chi connectivity index (χ0) is 29.0. The summed E-state index contributed by atoms with van der Waals surface area (Å²) in [5.74, 6) is 1.97. The first-order chi connectivity index (χ1) is 19.1. The van der Waals surface area contributed by atoms with E-state index in [0.29, 0.717) is 16.9 Å². The van der Waals surface area contributed by atoms with Gasteiger partial charge in [-0.25, -0.2) is 4.98 Å². The summed E-state index contributed by atoms with van der Waals surface area (Å²) >= 11 is 0. The number of carbonyl (C=O) groups is 1. The Bertz CT molecular complexity index is 1380. The third kappa shape index (κ3) is 6.34. The van der Waals surface area contributed by atoms with Gasteiger partial charge in [-0.1, -0.05) is 40.5 Å². The number of amides is 1. The number of hydrogen-bond donors (Lipinski definition) is 1. The highest BCUT2D eigenvalue weighted by Gasteiger charge is 2.41. The molecule has 0 aliphatic carbocycles. The number of carbonyl (C=O) groups excluding carboxylic acids is 1. The van der Waals surface area contributed by atoms with Gasteiger partial charge in [0.1, 0.15) is 5.76 Å². The quantitative estimate of drug-likeness (QED) is 0.236. The molecule has 7 nitrogen and oxygen atoms in total. The molecule has 1 aliphatic rings. The smallest absolute Gasteiger partial charge is 0.258 e. The van der Waals surface area contributed by atoms with E-state index < -0.39 is 0 Å². The standard InChI is InChI=1S/C33H47N5O2/c1-9-11-30(40-8)24(6)28-18-25(17-23(5)34-28)31(39)36-32-35-27-13-12-26(19-29(27)37(32)7)38-20-33(21-38,15-10-2)16-14-22(3)4/h12-13,17-19,22H,9-11,14-16,20-21H2,1-8H3,(H,35,36,39)/b30-24-. The summed E-state index contributed by atoms with van der Waals surface area (Å²) in [5, 5.41) is 3.04. The molecule has 7 heteroatoms. The van der Waals surface area contributed by atoms with Gasteiger partial charge < -0.3 is 14.2 Å². The van der Waals surface area contributed by atoms with Crippen molar-refractivity contribution in [3.05, 3.63) is 53.0 Å². The maximum absolute atomic E-state index is 13.4. The third-order valence-corrected chi connectivity index (χ3v) is 8.28. The number of allylic oxidation sites excluding steroid dienone is 2. The number of hydrogen-bond acceptors (Lipinski definition) is 5. The Kier molecular flexibility index (Phi) is 9.22. The van der Waals surface area contributed by atoms with Crippen LogP contribution in [0.2, 0.25) is 0 Å². The Hall–Kier alpha value is -3.35. The molecule has 1 aliphatic heterocycles. The van der Waals surface area contributed by atoms with E-state index in [4.69, 9.17) is 9.72 Å². The number of anilines is 2. The molecule has 2 aromatic heterocycles. The van der Waals surface area contributed by atoms with Crippen molar-refractivity contribution < 1.29 is 9.53 Å². The highest BCUT2D eigenvalue weighted by Crippen LogP contribution is 2.43. The van der Waals surface area contributed by atoms with Crippen molar-refractivity contribution in [3.63, 3.8) is 0 Å². The molecule has 1 aromatic carbocycles. The van der Waals surface area contributed by atoms with E-state index in [2.05, 4.69) is 61.1 Å². The minimum Gasteiger partial charge on any atom is -0.501 e. The van der Waals surface area contributed by atoms with E-state index in [0.717, 1.165) is 65.6 Å². The molecule has 0 radical (unpaired) electrons. The topological polar surface area (TPSA) is 72.3 Å². The fourth-order valence-corrected chi connectivity index (χ4v) is 5.98. The van der Waals surface area contributed by atoms with Crippen LogP contribution in [-0.2, 0) is 11.8 Å². The van der Waals surface area contributed by atoms with Gasteiger partial charge >= 0.3 is 0 Å². The molecule has 40 heavy (non-hydrogen) atoms. The van der Waals surface area contributed by atoms with E-state index in [1.807, 2.05) is 37.6 Å². The molecule has 4 rings (SSSR count). The Labute approximate surface area is 240 Å². The number of imidazole rings is 1. The molecule has 1 fully saturated rings. The number of fused-ring (bicyclic) bond motifs is 1. The number of aromatic nitrogens is 3. The van der Waals surface area contributed by atoms with E-state index >= 15 is 0 Å². The zero-order valence-corrected chi connectivity index (χ0v) is 25.7. The van der Waals surface area contributed by atoms with E-state index in [-0.39, 0.29) is 5.91 Å². The second kappa shape index (κ2) is 12.4. The summed E-state index contributed by atoms with van der Waals surface area (Å²) in [5.41, 5.74) is 6.59. The van der Waals surface area contributed by atoms with Crippen LogP contribution in [-0.4, -0.2) is 40.6 Å². The van der Waals surface area contributed by atoms with Crippen LogP contribution >= 0.6 is 0 Å². The van der Waals surface area contributed by atoms with Crippen molar-refractivity contribution in [1.82, 2.24) is 14.5 Å². The minimum atomic E-state index is -0.204. The molecule has 0 unspecified atom stereocenters. The van der Waals surface area contributed by atoms with E-state index in [1.54, 1.807) is 7.11 Å². The predicted octanol–water partition coefficient (Wildman–Crippen LogP) is 7.75. The first-order valence-electron chi connectivity index (χ1n) is 14.8. The minimum absolute atomic E-state index is 0.204. The fourth-order valence-electron chi connectivity index (χ4n) is 5.98. The van der Waals surface area contributed by atoms with Crippen LogP contribution in [0, 0.1) is 18.3 Å². The average Bonchev–Trinajstić information content (AvgIpc) is 3.21. The van der Waals surface area contributed by atoms with Crippen molar-refractivity contribution >= 4 is 34.1 Å². The Morgan fingerprint density at radius 3 is 2.50 bits per heavy atom. The average molecular weight is 546 g/mol. The monoisotopic (exact) mass is 545 g/mol. The highest BCUT2D eigenvalue weighted by molar-refractivity contribution is 6.04. The summed E-state index contributed by atoms with van der Waals surface area (Å²) in [6, 6.07) is 10.1. The number of ether oxygens (including phenoxy) is 1. The first kappa shape index (κ1) is 29.6. The summed E-state index contributed by atoms with van der Waals surface area (Å²) < 4.78 is 7.57. The van der Waals surface area contributed by atoms with Crippen LogP contribution in [0.15, 0.2) is 36.1 Å². The second-order valence-corrected chi connectivity index (χ2v) is 12.0. The molecule has 0 bridgehead atoms. The summed E-state index contributed by atoms with van der Waals surface area (Å²) in [7, 11) is 3.64. The van der Waals surface area contributed by atoms with Crippen molar-refractivity contribution in [2.24, 2.45) is 18.4 Å². The van der Waals surface area contributed by atoms with Crippen molar-refractivity contribution in [2.45, 2.75) is 80.1 Å². The predicted molar refractivity (Wildman–Crippen MR) is 166 cm³/mol. The molecule has 1 saturated heterocycles. The van der Waals surface area contributed by atoms with Crippen molar-refractivity contribution in [2.75, 3.05) is 30.4 Å². The molecule has 216 valence electrons. The summed E-state index contributed by atoms with van der Waals surface area (Å²) in [6.07, 6.45) is 6.92. The molecule has 3 heterocycles. The number of aryl methyl sites for hydroxylation is 2. The molecule has 1 N–H and O–H groups in total. The van der Waals surface area contributed by atoms with Gasteiger partial charge in [0, 0.05) is 54.5 Å². The molecular formula is C33H47N5O2. The molecule has 0 saturated carbocycles. The summed E-state index contributed by atoms with van der Waals surface area (Å²) in [4.78, 5) is 25.3. The zero-order valence-electron chi connectivity index (χ0n) is 25.7. The maximum atomic E-state index is 13.4. The molecular weight excluding hydrogens is 498 g/mol. The van der Waals surface area contributed by atoms with Crippen LogP contribution < -0.4 is 10.2 Å². The Morgan fingerprint density at radius 1 is 1.10 bits per heavy atom. The Morgan fingerprint density at radius 2 is 1.85 bits per heavy atom. The highest BCUT2D eigenvalue weighted by atomic mass is 16.5. The van der Waals surface area contributed by atoms with E-state index in [9.17, 15) is 4.79 Å². The Balaban J connectivity index is 1.53. The van der Waals surface area contributed by atoms with Gasteiger partial charge in [-0.15, -0.1) is 0 Å². The number of rotatable bonds is 12. The van der Waals surface area contributed by atoms with Crippen LogP contribution in [0.1, 0.15) is 94.9 Å². The molecule has 1 amide bonds. The summed E-state index contributed by atoms with van der Waals surface area (Å²) in [6.45, 7) is 15.2. The fraction of sp³-hybridized carbons (Fsp3) is 0.545. The molecule has 0 spiro atoms. The van der Waals surface area contributed by atoms with Gasteiger partial charge in [-0.3, -0.25) is 15.1 Å². The van der Waals surface area contributed by atoms with Crippen molar-refractivity contribution in [1.29, 1.82) is 0 Å². The maximum Gasteiger partial charge on any atom is 0.258 e. The van der Waals surface area contributed by atoms with Crippen LogP contribution in [0.4, 0.5) is 11.6 Å². The van der Waals surface area contributed by atoms with Gasteiger partial charge in [0.15, 0.2) is 0 Å². The van der Waals surface area contributed by atoms with E-state index in [1.165, 1.54) is 31.4 Å². The van der Waals surface area contributed by atoms with Gasteiger partial charge in [0.25, 0.3) is 5.91 Å². The van der Waals surface area contributed by atoms with Crippen LogP contribution in [0.25, 0.3) is 16.6 Å². The second-order valence-electron chi connectivity index (χ2n) is 12.0. The van der Waals surface area contributed by atoms with Crippen LogP contribution in [0.3, 0.4) is 0 Å². The number of benzene rings is 1. The molecule has 3 aromatic rings. The molecule has 0 atom stereocenters. The lowest BCUT2D eigenvalue weighted by molar-refractivity contribution is 0.102. The lowest BCUT2D eigenvalue weighted by Gasteiger charge is -2.52. The number of methoxy groups -OCH3 is 1. The van der Waals surface area contributed by atoms with Gasteiger partial charge in [0.05, 0.1) is 23.8 Å². The lowest BCUT2D eigenvalue weighted by Crippen LogP contribution is -2.56. The van der Waals surface area contributed by atoms with Crippen LogP contribution in [0.5, 0.6) is 0 Å². The number of nitrogens with one attached hydrogen (secondary N) is 1. The lowest BCUT2D eigenvalue weighted by atomic mass is 9.71. The van der Waals surface area contributed by atoms with Crippen molar-refractivity contribution in [3.8, 4) is 0 Å². The SMILES string of the molecule is CCC/C(OC)=C(\C)c1cc(C(=O)Nc2nc3ccc(N4CC(CCC)(CCC(C)C)C4)cc3n2C)cc(C)n1. The number of nitrogens with zero attached hydrogens (tertiary/aromatic N) is 4.